The van der Waals surface area contributed by atoms with Gasteiger partial charge in [0.25, 0.3) is 0 Å². The number of tetrazole rings is 1. The van der Waals surface area contributed by atoms with E-state index in [1.807, 2.05) is 0 Å². The number of ketones is 1. The fourth-order valence-electron chi connectivity index (χ4n) is 2.38. The quantitative estimate of drug-likeness (QED) is 0.509. The maximum Gasteiger partial charge on any atom is 0.201 e. The Labute approximate surface area is 154 Å². The van der Waals surface area contributed by atoms with Gasteiger partial charge >= 0.3 is 0 Å². The van der Waals surface area contributed by atoms with Crippen LogP contribution >= 0.6 is 11.6 Å². The zero-order chi connectivity index (χ0) is 18.7. The maximum absolute atomic E-state index is 14.1. The minimum Gasteiger partial charge on any atom is -0.383 e. The van der Waals surface area contributed by atoms with Gasteiger partial charge in [0, 0.05) is 25.3 Å². The van der Waals surface area contributed by atoms with Crippen LogP contribution in [0.1, 0.15) is 16.2 Å². The number of aromatic nitrogens is 4. The number of halogens is 2. The van der Waals surface area contributed by atoms with E-state index in [0.29, 0.717) is 10.7 Å². The summed E-state index contributed by atoms with van der Waals surface area (Å²) in [5.74, 6) is -0.913. The molecule has 26 heavy (non-hydrogen) atoms. The molecular weight excluding hydrogens is 357 g/mol. The van der Waals surface area contributed by atoms with Crippen LogP contribution in [-0.4, -0.2) is 45.0 Å². The van der Waals surface area contributed by atoms with Crippen molar-refractivity contribution in [3.05, 3.63) is 77.0 Å². The summed E-state index contributed by atoms with van der Waals surface area (Å²) in [7, 11) is 3.51. The molecule has 0 aliphatic rings. The number of rotatable bonds is 5. The number of carbonyl (C=O) groups excluding carboxylic acids is 1. The van der Waals surface area contributed by atoms with Crippen molar-refractivity contribution >= 4 is 23.0 Å². The highest BCUT2D eigenvalue weighted by Crippen LogP contribution is 2.22. The molecule has 3 aromatic rings. The highest BCUT2D eigenvalue weighted by atomic mass is 35.5. The van der Waals surface area contributed by atoms with Crippen molar-refractivity contribution < 1.29 is 9.18 Å². The Morgan fingerprint density at radius 3 is 2.50 bits per heavy atom. The molecule has 0 aliphatic carbocycles. The minimum absolute atomic E-state index is 0.0498. The van der Waals surface area contributed by atoms with Crippen LogP contribution in [0.5, 0.6) is 0 Å². The average molecular weight is 372 g/mol. The van der Waals surface area contributed by atoms with E-state index >= 15 is 0 Å². The normalized spacial score (nSPS) is 11.5. The van der Waals surface area contributed by atoms with Gasteiger partial charge in [-0.1, -0.05) is 23.7 Å². The number of hydrogen-bond donors (Lipinski definition) is 0. The molecule has 0 bridgehead atoms. The van der Waals surface area contributed by atoms with Crippen LogP contribution in [0.25, 0.3) is 11.3 Å². The van der Waals surface area contributed by atoms with Crippen LogP contribution in [0.15, 0.2) is 54.7 Å². The van der Waals surface area contributed by atoms with E-state index in [-0.39, 0.29) is 17.0 Å². The topological polar surface area (TPSA) is 63.9 Å². The van der Waals surface area contributed by atoms with Gasteiger partial charge in [0.15, 0.2) is 5.82 Å². The highest BCUT2D eigenvalue weighted by Gasteiger charge is 2.24. The Balaban J connectivity index is 2.11. The molecular formula is C18H15ClFN5O. The van der Waals surface area contributed by atoms with Crippen molar-refractivity contribution in [1.29, 1.82) is 0 Å². The molecule has 3 rings (SSSR count). The van der Waals surface area contributed by atoms with Gasteiger partial charge in [-0.05, 0) is 46.8 Å². The van der Waals surface area contributed by atoms with E-state index < -0.39 is 11.6 Å². The molecule has 0 fully saturated rings. The van der Waals surface area contributed by atoms with Crippen molar-refractivity contribution in [3.8, 4) is 5.69 Å². The van der Waals surface area contributed by atoms with Gasteiger partial charge in [0.2, 0.25) is 5.78 Å². The molecule has 0 atom stereocenters. The first-order chi connectivity index (χ1) is 12.5. The number of allylic oxidation sites excluding steroid dienone is 1. The molecule has 0 aliphatic heterocycles. The molecule has 0 spiro atoms. The lowest BCUT2D eigenvalue weighted by molar-refractivity contribution is 0.105. The largest absolute Gasteiger partial charge is 0.383 e. The Morgan fingerprint density at radius 1 is 1.15 bits per heavy atom. The number of nitrogens with zero attached hydrogens (tertiary/aromatic N) is 5. The molecule has 0 amide bonds. The third kappa shape index (κ3) is 3.62. The summed E-state index contributed by atoms with van der Waals surface area (Å²) in [5, 5.41) is 12.2. The Kier molecular flexibility index (Phi) is 5.09. The zero-order valence-electron chi connectivity index (χ0n) is 14.1. The van der Waals surface area contributed by atoms with Gasteiger partial charge in [0.1, 0.15) is 5.82 Å². The predicted molar refractivity (Wildman–Crippen MR) is 96.6 cm³/mol. The van der Waals surface area contributed by atoms with Crippen molar-refractivity contribution in [2.75, 3.05) is 14.1 Å². The summed E-state index contributed by atoms with van der Waals surface area (Å²) in [4.78, 5) is 14.6. The molecule has 2 aromatic carbocycles. The van der Waals surface area contributed by atoms with E-state index in [0.717, 1.165) is 0 Å². The van der Waals surface area contributed by atoms with Crippen LogP contribution in [0, 0.1) is 5.82 Å². The first-order valence-electron chi connectivity index (χ1n) is 7.69. The molecule has 0 saturated heterocycles. The number of Topliss-reactive ketones (excluding diaryl/α,β-unsaturated/α-hetero) is 1. The lowest BCUT2D eigenvalue weighted by Crippen LogP contribution is -2.14. The van der Waals surface area contributed by atoms with E-state index in [2.05, 4.69) is 15.5 Å². The fourth-order valence-corrected chi connectivity index (χ4v) is 2.50. The standard InChI is InChI=1S/C18H15ClFN5O/c1-24(2)11-15(17(26)14-5-3-4-6-16(14)20)18-21-22-23-25(18)13-9-7-12(19)8-10-13/h3-11H,1-2H3. The van der Waals surface area contributed by atoms with Crippen molar-refractivity contribution in [2.24, 2.45) is 0 Å². The fraction of sp³-hybridized carbons (Fsp3) is 0.111. The summed E-state index contributed by atoms with van der Waals surface area (Å²) >= 11 is 5.92. The number of carbonyl (C=O) groups is 1. The molecule has 0 N–H and O–H groups in total. The van der Waals surface area contributed by atoms with Gasteiger partial charge < -0.3 is 4.90 Å². The smallest absolute Gasteiger partial charge is 0.201 e. The summed E-state index contributed by atoms with van der Waals surface area (Å²) in [6.45, 7) is 0. The predicted octanol–water partition coefficient (Wildman–Crippen LogP) is 3.24. The molecule has 132 valence electrons. The second-order valence-electron chi connectivity index (χ2n) is 5.71. The molecule has 0 unspecified atom stereocenters. The first-order valence-corrected chi connectivity index (χ1v) is 8.07. The van der Waals surface area contributed by atoms with Gasteiger partial charge in [-0.15, -0.1) is 5.10 Å². The Hall–Kier alpha value is -3.06. The van der Waals surface area contributed by atoms with Gasteiger partial charge in [-0.25, -0.2) is 4.39 Å². The molecule has 0 saturated carbocycles. The third-order valence-corrected chi connectivity index (χ3v) is 3.78. The van der Waals surface area contributed by atoms with Crippen molar-refractivity contribution in [2.45, 2.75) is 0 Å². The minimum atomic E-state index is -0.604. The van der Waals surface area contributed by atoms with Crippen LogP contribution in [0.2, 0.25) is 5.02 Å². The number of hydrogen-bond acceptors (Lipinski definition) is 5. The molecule has 1 aromatic heterocycles. The van der Waals surface area contributed by atoms with Crippen LogP contribution in [0.4, 0.5) is 4.39 Å². The lowest BCUT2D eigenvalue weighted by atomic mass is 10.0. The van der Waals surface area contributed by atoms with Gasteiger partial charge in [-0.2, -0.15) is 4.68 Å². The zero-order valence-corrected chi connectivity index (χ0v) is 14.9. The van der Waals surface area contributed by atoms with Gasteiger partial charge in [-0.3, -0.25) is 4.79 Å². The van der Waals surface area contributed by atoms with Crippen LogP contribution < -0.4 is 0 Å². The van der Waals surface area contributed by atoms with Crippen molar-refractivity contribution in [1.82, 2.24) is 25.1 Å². The molecule has 8 heteroatoms. The average Bonchev–Trinajstić information content (AvgIpc) is 3.09. The number of benzene rings is 2. The third-order valence-electron chi connectivity index (χ3n) is 3.53. The monoisotopic (exact) mass is 371 g/mol. The summed E-state index contributed by atoms with van der Waals surface area (Å²) in [5.41, 5.74) is 0.742. The van der Waals surface area contributed by atoms with E-state index in [1.165, 1.54) is 22.9 Å². The second-order valence-corrected chi connectivity index (χ2v) is 6.14. The Bertz CT molecular complexity index is 966. The Morgan fingerprint density at radius 2 is 1.85 bits per heavy atom. The summed E-state index contributed by atoms with van der Waals surface area (Å²) < 4.78 is 15.5. The molecule has 1 heterocycles. The van der Waals surface area contributed by atoms with Gasteiger partial charge in [0.05, 0.1) is 16.8 Å². The van der Waals surface area contributed by atoms with E-state index in [1.54, 1.807) is 55.5 Å². The molecule has 6 nitrogen and oxygen atoms in total. The maximum atomic E-state index is 14.1. The van der Waals surface area contributed by atoms with Crippen LogP contribution in [-0.2, 0) is 0 Å². The first kappa shape index (κ1) is 17.8. The lowest BCUT2D eigenvalue weighted by Gasteiger charge is -2.12. The molecule has 0 radical (unpaired) electrons. The highest BCUT2D eigenvalue weighted by molar-refractivity contribution is 6.30. The second kappa shape index (κ2) is 7.45. The van der Waals surface area contributed by atoms with Crippen LogP contribution in [0.3, 0.4) is 0 Å². The van der Waals surface area contributed by atoms with E-state index in [9.17, 15) is 9.18 Å². The van der Waals surface area contributed by atoms with E-state index in [4.69, 9.17) is 11.6 Å². The summed E-state index contributed by atoms with van der Waals surface area (Å²) in [6.07, 6.45) is 1.56. The summed E-state index contributed by atoms with van der Waals surface area (Å²) in [6, 6.07) is 12.6. The van der Waals surface area contributed by atoms with Crippen molar-refractivity contribution in [3.63, 3.8) is 0 Å². The SMILES string of the molecule is CN(C)C=C(C(=O)c1ccccc1F)c1nnnn1-c1ccc(Cl)cc1.